The van der Waals surface area contributed by atoms with E-state index in [1.807, 2.05) is 42.5 Å². The topological polar surface area (TPSA) is 55.4 Å². The summed E-state index contributed by atoms with van der Waals surface area (Å²) in [6, 6.07) is 19.2. The number of ether oxygens (including phenoxy) is 1. The summed E-state index contributed by atoms with van der Waals surface area (Å²) in [4.78, 5) is 23.7. The largest absolute Gasteiger partial charge is 0.452 e. The van der Waals surface area contributed by atoms with Gasteiger partial charge in [-0.05, 0) is 35.4 Å². The van der Waals surface area contributed by atoms with E-state index in [0.29, 0.717) is 11.8 Å². The SMILES string of the molecule is O=C(COC(=O)c1cc(F)cc(F)c1)Nc1ccc(-c2ccccc2)cc1. The van der Waals surface area contributed by atoms with Crippen LogP contribution >= 0.6 is 0 Å². The van der Waals surface area contributed by atoms with Crippen molar-refractivity contribution in [2.24, 2.45) is 0 Å². The molecule has 0 aromatic heterocycles. The molecular formula is C21H15F2NO3. The number of anilines is 1. The van der Waals surface area contributed by atoms with Crippen LogP contribution < -0.4 is 5.32 Å². The van der Waals surface area contributed by atoms with Crippen molar-refractivity contribution >= 4 is 17.6 Å². The monoisotopic (exact) mass is 367 g/mol. The van der Waals surface area contributed by atoms with E-state index in [9.17, 15) is 18.4 Å². The van der Waals surface area contributed by atoms with Crippen molar-refractivity contribution in [3.8, 4) is 11.1 Å². The predicted molar refractivity (Wildman–Crippen MR) is 97.1 cm³/mol. The van der Waals surface area contributed by atoms with E-state index in [1.54, 1.807) is 12.1 Å². The Morgan fingerprint density at radius 1 is 0.815 bits per heavy atom. The molecule has 3 aromatic carbocycles. The summed E-state index contributed by atoms with van der Waals surface area (Å²) in [6.07, 6.45) is 0. The van der Waals surface area contributed by atoms with E-state index in [0.717, 1.165) is 23.3 Å². The van der Waals surface area contributed by atoms with E-state index >= 15 is 0 Å². The highest BCUT2D eigenvalue weighted by atomic mass is 19.1. The van der Waals surface area contributed by atoms with Gasteiger partial charge in [0.1, 0.15) is 11.6 Å². The molecule has 0 radical (unpaired) electrons. The van der Waals surface area contributed by atoms with Crippen LogP contribution in [0.4, 0.5) is 14.5 Å². The summed E-state index contributed by atoms with van der Waals surface area (Å²) in [5.41, 5.74) is 2.28. The van der Waals surface area contributed by atoms with Crippen LogP contribution in [-0.4, -0.2) is 18.5 Å². The Kier molecular flexibility index (Phi) is 5.56. The Morgan fingerprint density at radius 3 is 2.04 bits per heavy atom. The molecule has 0 bridgehead atoms. The highest BCUT2D eigenvalue weighted by Crippen LogP contribution is 2.21. The van der Waals surface area contributed by atoms with Crippen molar-refractivity contribution < 1.29 is 23.1 Å². The Hall–Kier alpha value is -3.54. The first kappa shape index (κ1) is 18.3. The third-order valence-electron chi connectivity index (χ3n) is 3.71. The van der Waals surface area contributed by atoms with E-state index in [2.05, 4.69) is 5.32 Å². The van der Waals surface area contributed by atoms with Gasteiger partial charge >= 0.3 is 5.97 Å². The van der Waals surface area contributed by atoms with Gasteiger partial charge in [-0.25, -0.2) is 13.6 Å². The number of hydrogen-bond donors (Lipinski definition) is 1. The van der Waals surface area contributed by atoms with Crippen LogP contribution in [0, 0.1) is 11.6 Å². The van der Waals surface area contributed by atoms with Gasteiger partial charge in [-0.2, -0.15) is 0 Å². The van der Waals surface area contributed by atoms with Gasteiger partial charge in [0, 0.05) is 11.8 Å². The molecule has 1 N–H and O–H groups in total. The molecule has 0 aliphatic heterocycles. The molecule has 6 heteroatoms. The Labute approximate surface area is 154 Å². The third-order valence-corrected chi connectivity index (χ3v) is 3.71. The molecule has 0 aliphatic carbocycles. The van der Waals surface area contributed by atoms with Gasteiger partial charge in [0.2, 0.25) is 0 Å². The van der Waals surface area contributed by atoms with Gasteiger partial charge in [0.15, 0.2) is 6.61 Å². The van der Waals surface area contributed by atoms with E-state index in [1.165, 1.54) is 0 Å². The standard InChI is InChI=1S/C21H15F2NO3/c22-17-10-16(11-18(23)12-17)21(26)27-13-20(25)24-19-8-6-15(7-9-19)14-4-2-1-3-5-14/h1-12H,13H2,(H,24,25). The Morgan fingerprint density at radius 2 is 1.41 bits per heavy atom. The van der Waals surface area contributed by atoms with Crippen LogP contribution in [0.2, 0.25) is 0 Å². The fourth-order valence-electron chi connectivity index (χ4n) is 2.46. The predicted octanol–water partition coefficient (Wildman–Crippen LogP) is 4.43. The fourth-order valence-corrected chi connectivity index (χ4v) is 2.46. The smallest absolute Gasteiger partial charge is 0.338 e. The zero-order chi connectivity index (χ0) is 19.2. The first-order valence-corrected chi connectivity index (χ1v) is 8.10. The number of rotatable bonds is 5. The van der Waals surface area contributed by atoms with Gasteiger partial charge in [-0.3, -0.25) is 4.79 Å². The van der Waals surface area contributed by atoms with Crippen molar-refractivity contribution in [3.63, 3.8) is 0 Å². The minimum atomic E-state index is -0.983. The van der Waals surface area contributed by atoms with Gasteiger partial charge in [-0.15, -0.1) is 0 Å². The summed E-state index contributed by atoms with van der Waals surface area (Å²) in [5.74, 6) is -3.34. The van der Waals surface area contributed by atoms with E-state index < -0.39 is 30.1 Å². The lowest BCUT2D eigenvalue weighted by atomic mass is 10.1. The number of carbonyl (C=O) groups excluding carboxylic acids is 2. The van der Waals surface area contributed by atoms with Crippen molar-refractivity contribution in [1.29, 1.82) is 0 Å². The molecule has 0 atom stereocenters. The van der Waals surface area contributed by atoms with Gasteiger partial charge < -0.3 is 10.1 Å². The third kappa shape index (κ3) is 4.98. The molecule has 3 rings (SSSR count). The molecule has 0 aliphatic rings. The number of hydrogen-bond acceptors (Lipinski definition) is 3. The number of halogens is 2. The molecule has 27 heavy (non-hydrogen) atoms. The maximum absolute atomic E-state index is 13.1. The fraction of sp³-hybridized carbons (Fsp3) is 0.0476. The van der Waals surface area contributed by atoms with Gasteiger partial charge in [0.25, 0.3) is 5.91 Å². The maximum Gasteiger partial charge on any atom is 0.338 e. The summed E-state index contributed by atoms with van der Waals surface area (Å²) in [5, 5.41) is 2.59. The first-order valence-electron chi connectivity index (χ1n) is 8.10. The molecule has 0 spiro atoms. The Bertz CT molecular complexity index is 937. The highest BCUT2D eigenvalue weighted by molar-refractivity contribution is 5.95. The zero-order valence-corrected chi connectivity index (χ0v) is 14.1. The average Bonchev–Trinajstić information content (AvgIpc) is 2.66. The summed E-state index contributed by atoms with van der Waals surface area (Å²) in [6.45, 7) is -0.572. The van der Waals surface area contributed by atoms with E-state index in [4.69, 9.17) is 4.74 Å². The van der Waals surface area contributed by atoms with E-state index in [-0.39, 0.29) is 5.56 Å². The molecule has 0 unspecified atom stereocenters. The summed E-state index contributed by atoms with van der Waals surface area (Å²) in [7, 11) is 0. The van der Waals surface area contributed by atoms with Crippen LogP contribution in [0.25, 0.3) is 11.1 Å². The van der Waals surface area contributed by atoms with Crippen molar-refractivity contribution in [3.05, 3.63) is 90.0 Å². The Balaban J connectivity index is 1.55. The second-order valence-corrected chi connectivity index (χ2v) is 5.73. The zero-order valence-electron chi connectivity index (χ0n) is 14.1. The molecule has 0 saturated carbocycles. The van der Waals surface area contributed by atoms with Crippen LogP contribution in [0.1, 0.15) is 10.4 Å². The number of esters is 1. The van der Waals surface area contributed by atoms with Crippen LogP contribution in [-0.2, 0) is 9.53 Å². The molecule has 1 amide bonds. The first-order chi connectivity index (χ1) is 13.0. The molecule has 136 valence electrons. The lowest BCUT2D eigenvalue weighted by molar-refractivity contribution is -0.119. The lowest BCUT2D eigenvalue weighted by Crippen LogP contribution is -2.21. The maximum atomic E-state index is 13.1. The number of amides is 1. The minimum Gasteiger partial charge on any atom is -0.452 e. The molecule has 4 nitrogen and oxygen atoms in total. The molecular weight excluding hydrogens is 352 g/mol. The van der Waals surface area contributed by atoms with Crippen molar-refractivity contribution in [2.45, 2.75) is 0 Å². The van der Waals surface area contributed by atoms with Crippen molar-refractivity contribution in [1.82, 2.24) is 0 Å². The second-order valence-electron chi connectivity index (χ2n) is 5.73. The molecule has 3 aromatic rings. The molecule has 0 heterocycles. The average molecular weight is 367 g/mol. The van der Waals surface area contributed by atoms with Crippen LogP contribution in [0.5, 0.6) is 0 Å². The normalized spacial score (nSPS) is 10.3. The van der Waals surface area contributed by atoms with Crippen molar-refractivity contribution in [2.75, 3.05) is 11.9 Å². The summed E-state index contributed by atoms with van der Waals surface area (Å²) < 4.78 is 31.0. The lowest BCUT2D eigenvalue weighted by Gasteiger charge is -2.08. The second kappa shape index (κ2) is 8.23. The quantitative estimate of drug-likeness (QED) is 0.679. The molecule has 0 fully saturated rings. The number of benzene rings is 3. The summed E-state index contributed by atoms with van der Waals surface area (Å²) >= 11 is 0. The van der Waals surface area contributed by atoms with Gasteiger partial charge in [0.05, 0.1) is 5.56 Å². The molecule has 0 saturated heterocycles. The highest BCUT2D eigenvalue weighted by Gasteiger charge is 2.13. The van der Waals surface area contributed by atoms with Gasteiger partial charge in [-0.1, -0.05) is 42.5 Å². The minimum absolute atomic E-state index is 0.299. The number of nitrogens with one attached hydrogen (secondary N) is 1. The number of carbonyl (C=O) groups is 2. The van der Waals surface area contributed by atoms with Crippen LogP contribution in [0.3, 0.4) is 0 Å². The van der Waals surface area contributed by atoms with Crippen LogP contribution in [0.15, 0.2) is 72.8 Å².